The van der Waals surface area contributed by atoms with E-state index in [2.05, 4.69) is 25.4 Å². The average molecular weight is 512 g/mol. The number of methoxy groups -OCH3 is 1. The second-order valence-electron chi connectivity index (χ2n) is 8.81. The molecule has 1 aliphatic carbocycles. The van der Waals surface area contributed by atoms with Gasteiger partial charge in [0.1, 0.15) is 17.2 Å². The normalized spacial score (nSPS) is 17.8. The van der Waals surface area contributed by atoms with Crippen LogP contribution in [0, 0.1) is 12.7 Å². The Morgan fingerprint density at radius 1 is 1.31 bits per heavy atom. The minimum absolute atomic E-state index is 0.101. The molecule has 36 heavy (non-hydrogen) atoms. The molecule has 1 fully saturated rings. The molecule has 3 aromatic rings. The topological polar surface area (TPSA) is 119 Å². The summed E-state index contributed by atoms with van der Waals surface area (Å²) in [6.45, 7) is 1.85. The van der Waals surface area contributed by atoms with Gasteiger partial charge in [-0.15, -0.1) is 11.6 Å². The highest BCUT2D eigenvalue weighted by Crippen LogP contribution is 2.51. The molecule has 9 nitrogen and oxygen atoms in total. The molecule has 5 rings (SSSR count). The van der Waals surface area contributed by atoms with E-state index in [1.54, 1.807) is 31.3 Å². The molecule has 2 aromatic heterocycles. The van der Waals surface area contributed by atoms with Gasteiger partial charge in [0.25, 0.3) is 11.5 Å². The molecule has 186 valence electrons. The van der Waals surface area contributed by atoms with Crippen molar-refractivity contribution in [3.05, 3.63) is 86.6 Å². The smallest absolute Gasteiger partial charge is 0.270 e. The molecular weight excluding hydrogens is 489 g/mol. The predicted octanol–water partition coefficient (Wildman–Crippen LogP) is 3.64. The van der Waals surface area contributed by atoms with Crippen molar-refractivity contribution >= 4 is 23.2 Å². The van der Waals surface area contributed by atoms with Gasteiger partial charge in [0.2, 0.25) is 0 Å². The van der Waals surface area contributed by atoms with Crippen LogP contribution in [0.2, 0.25) is 0 Å². The van der Waals surface area contributed by atoms with E-state index in [-0.39, 0.29) is 23.5 Å². The molecule has 1 atom stereocenters. The Balaban J connectivity index is 1.29. The molecule has 2 aliphatic rings. The lowest BCUT2D eigenvalue weighted by Crippen LogP contribution is -2.25. The van der Waals surface area contributed by atoms with Crippen molar-refractivity contribution < 1.29 is 18.8 Å². The Labute approximate surface area is 210 Å². The molecule has 2 N–H and O–H groups in total. The number of halogens is 2. The number of alkyl halides is 1. The molecule has 0 spiro atoms. The van der Waals surface area contributed by atoms with Crippen LogP contribution >= 0.6 is 11.6 Å². The highest BCUT2D eigenvalue weighted by Gasteiger charge is 2.44. The number of benzene rings is 1. The molecule has 1 aromatic carbocycles. The molecule has 0 radical (unpaired) electrons. The van der Waals surface area contributed by atoms with E-state index in [4.69, 9.17) is 21.2 Å². The first-order valence-electron chi connectivity index (χ1n) is 11.4. The molecule has 1 amide bonds. The van der Waals surface area contributed by atoms with Crippen molar-refractivity contribution in [2.45, 2.75) is 43.7 Å². The molecule has 11 heteroatoms. The number of hydrogen-bond donors (Lipinski definition) is 2. The summed E-state index contributed by atoms with van der Waals surface area (Å²) in [6, 6.07) is 7.70. The van der Waals surface area contributed by atoms with E-state index in [1.165, 1.54) is 19.2 Å². The fourth-order valence-electron chi connectivity index (χ4n) is 4.02. The summed E-state index contributed by atoms with van der Waals surface area (Å²) < 4.78 is 18.6. The van der Waals surface area contributed by atoms with E-state index in [0.29, 0.717) is 34.8 Å². The number of carbonyl (C=O) groups is 1. The monoisotopic (exact) mass is 511 g/mol. The van der Waals surface area contributed by atoms with Crippen molar-refractivity contribution in [1.29, 1.82) is 0 Å². The molecular formula is C25H23ClFN5O4. The van der Waals surface area contributed by atoms with Gasteiger partial charge in [-0.2, -0.15) is 0 Å². The first kappa shape index (κ1) is 23.9. The SMILES string of the molecule is COc1cc(CNC(=O)c2cc(C3=NOC(c4c[nH]c(=O)c(C5(Cl)CC5)c4)C3)nc(C)n2)ccc1F. The summed E-state index contributed by atoms with van der Waals surface area (Å²) in [6.07, 6.45) is 3.10. The van der Waals surface area contributed by atoms with Crippen LogP contribution < -0.4 is 15.6 Å². The molecule has 1 aliphatic heterocycles. The maximum Gasteiger partial charge on any atom is 0.270 e. The van der Waals surface area contributed by atoms with Crippen LogP contribution in [0.3, 0.4) is 0 Å². The highest BCUT2D eigenvalue weighted by molar-refractivity contribution is 6.25. The van der Waals surface area contributed by atoms with Crippen molar-refractivity contribution in [2.24, 2.45) is 5.16 Å². The second kappa shape index (κ2) is 9.34. The van der Waals surface area contributed by atoms with E-state index >= 15 is 0 Å². The number of rotatable bonds is 7. The van der Waals surface area contributed by atoms with Crippen LogP contribution in [0.1, 0.15) is 64.1 Å². The minimum atomic E-state index is -0.600. The molecule has 3 heterocycles. The van der Waals surface area contributed by atoms with Crippen LogP contribution in [-0.2, 0) is 16.3 Å². The Hall–Kier alpha value is -3.79. The largest absolute Gasteiger partial charge is 0.494 e. The van der Waals surface area contributed by atoms with Crippen LogP contribution in [-0.4, -0.2) is 33.7 Å². The fourth-order valence-corrected chi connectivity index (χ4v) is 4.26. The van der Waals surface area contributed by atoms with Crippen LogP contribution in [0.25, 0.3) is 0 Å². The zero-order valence-electron chi connectivity index (χ0n) is 19.6. The number of ether oxygens (including phenoxy) is 1. The van der Waals surface area contributed by atoms with Crippen LogP contribution in [0.5, 0.6) is 5.75 Å². The summed E-state index contributed by atoms with van der Waals surface area (Å²) in [5, 5.41) is 6.95. The van der Waals surface area contributed by atoms with Gasteiger partial charge in [0.05, 0.1) is 17.7 Å². The minimum Gasteiger partial charge on any atom is -0.494 e. The lowest BCUT2D eigenvalue weighted by molar-refractivity contribution is 0.0854. The van der Waals surface area contributed by atoms with Gasteiger partial charge in [-0.05, 0) is 49.6 Å². The van der Waals surface area contributed by atoms with Crippen LogP contribution in [0.4, 0.5) is 4.39 Å². The predicted molar refractivity (Wildman–Crippen MR) is 130 cm³/mol. The average Bonchev–Trinajstić information content (AvgIpc) is 3.42. The van der Waals surface area contributed by atoms with Gasteiger partial charge in [-0.25, -0.2) is 14.4 Å². The Morgan fingerprint density at radius 3 is 2.86 bits per heavy atom. The van der Waals surface area contributed by atoms with E-state index < -0.39 is 22.7 Å². The number of aromatic nitrogens is 3. The third-order valence-electron chi connectivity index (χ3n) is 6.17. The Bertz CT molecular complexity index is 1440. The van der Waals surface area contributed by atoms with E-state index in [0.717, 1.165) is 18.4 Å². The van der Waals surface area contributed by atoms with Crippen molar-refractivity contribution in [1.82, 2.24) is 20.3 Å². The van der Waals surface area contributed by atoms with Gasteiger partial charge >= 0.3 is 0 Å². The zero-order valence-corrected chi connectivity index (χ0v) is 20.4. The Kier molecular flexibility index (Phi) is 6.21. The summed E-state index contributed by atoms with van der Waals surface area (Å²) in [5.74, 6) is -0.391. The molecule has 1 unspecified atom stereocenters. The van der Waals surface area contributed by atoms with Crippen LogP contribution in [0.15, 0.2) is 46.5 Å². The summed E-state index contributed by atoms with van der Waals surface area (Å²) >= 11 is 6.46. The lowest BCUT2D eigenvalue weighted by Gasteiger charge is -2.12. The third-order valence-corrected chi connectivity index (χ3v) is 6.75. The molecule has 0 bridgehead atoms. The number of hydrogen-bond acceptors (Lipinski definition) is 7. The second-order valence-corrected chi connectivity index (χ2v) is 9.54. The summed E-state index contributed by atoms with van der Waals surface area (Å²) in [7, 11) is 1.38. The zero-order chi connectivity index (χ0) is 25.4. The molecule has 0 saturated heterocycles. The number of amides is 1. The van der Waals surface area contributed by atoms with Crippen molar-refractivity contribution in [3.8, 4) is 5.75 Å². The number of nitrogens with zero attached hydrogens (tertiary/aromatic N) is 3. The number of H-pyrrole nitrogens is 1. The maximum atomic E-state index is 13.6. The molecule has 1 saturated carbocycles. The van der Waals surface area contributed by atoms with Gasteiger partial charge in [-0.3, -0.25) is 9.59 Å². The van der Waals surface area contributed by atoms with Gasteiger partial charge in [-0.1, -0.05) is 11.2 Å². The van der Waals surface area contributed by atoms with Gasteiger partial charge in [0, 0.05) is 30.3 Å². The number of carbonyl (C=O) groups excluding carboxylic acids is 1. The fraction of sp³-hybridized carbons (Fsp3) is 0.320. The van der Waals surface area contributed by atoms with Gasteiger partial charge < -0.3 is 19.9 Å². The quantitative estimate of drug-likeness (QED) is 0.467. The van der Waals surface area contributed by atoms with E-state index in [9.17, 15) is 14.0 Å². The number of pyridine rings is 1. The first-order valence-corrected chi connectivity index (χ1v) is 11.7. The summed E-state index contributed by atoms with van der Waals surface area (Å²) in [5.41, 5.74) is 2.97. The van der Waals surface area contributed by atoms with E-state index in [1.807, 2.05) is 0 Å². The van der Waals surface area contributed by atoms with Crippen molar-refractivity contribution in [2.75, 3.05) is 7.11 Å². The number of aromatic amines is 1. The standard InChI is InChI=1S/C25H23ClFN5O4/c1-13-30-18(9-20(31-13)24(34)28-11-14-3-4-17(27)22(7-14)35-2)19-10-21(36-32-19)15-8-16(23(33)29-12-15)25(26)5-6-25/h3-4,7-9,12,21H,5-6,10-11H2,1-2H3,(H,28,34)(H,29,33). The highest BCUT2D eigenvalue weighted by atomic mass is 35.5. The third kappa shape index (κ3) is 4.81. The Morgan fingerprint density at radius 2 is 2.11 bits per heavy atom. The number of nitrogens with one attached hydrogen (secondary N) is 2. The number of oxime groups is 1. The first-order chi connectivity index (χ1) is 17.3. The summed E-state index contributed by atoms with van der Waals surface area (Å²) in [4.78, 5) is 41.4. The number of aryl methyl sites for hydroxylation is 1. The van der Waals surface area contributed by atoms with Crippen molar-refractivity contribution in [3.63, 3.8) is 0 Å². The lowest BCUT2D eigenvalue weighted by atomic mass is 10.0. The van der Waals surface area contributed by atoms with Gasteiger partial charge in [0.15, 0.2) is 17.7 Å². The maximum absolute atomic E-state index is 13.6.